The predicted octanol–water partition coefficient (Wildman–Crippen LogP) is 4.04. The van der Waals surface area contributed by atoms with E-state index in [0.29, 0.717) is 34.9 Å². The highest BCUT2D eigenvalue weighted by molar-refractivity contribution is 6.09. The normalized spacial score (nSPS) is 10.7. The number of benzene rings is 2. The van der Waals surface area contributed by atoms with Gasteiger partial charge in [-0.15, -0.1) is 0 Å². The van der Waals surface area contributed by atoms with E-state index in [1.165, 1.54) is 7.11 Å². The van der Waals surface area contributed by atoms with Gasteiger partial charge in [-0.05, 0) is 51.1 Å². The molecular formula is C22H26N2O4. The minimum absolute atomic E-state index is 0.255. The van der Waals surface area contributed by atoms with Crippen LogP contribution in [0, 0.1) is 0 Å². The number of hydrogen-bond donors (Lipinski definition) is 2. The summed E-state index contributed by atoms with van der Waals surface area (Å²) in [4.78, 5) is 25.2. The summed E-state index contributed by atoms with van der Waals surface area (Å²) in [6.07, 6.45) is 1.62. The molecule has 0 unspecified atom stereocenters. The van der Waals surface area contributed by atoms with E-state index >= 15 is 0 Å². The van der Waals surface area contributed by atoms with Gasteiger partial charge in [0, 0.05) is 11.1 Å². The van der Waals surface area contributed by atoms with E-state index < -0.39 is 0 Å². The fourth-order valence-electron chi connectivity index (χ4n) is 2.47. The van der Waals surface area contributed by atoms with Crippen LogP contribution in [0.2, 0.25) is 0 Å². The molecule has 0 aliphatic heterocycles. The van der Waals surface area contributed by atoms with Crippen molar-refractivity contribution in [3.63, 3.8) is 0 Å². The first-order valence-corrected chi connectivity index (χ1v) is 8.90. The van der Waals surface area contributed by atoms with E-state index in [0.717, 1.165) is 0 Å². The number of para-hydroxylation sites is 1. The molecular weight excluding hydrogens is 356 g/mol. The SMILES string of the molecule is C=CCOc1ccc(C(=O)Nc2ccccc2C(=O)NC(C)(C)C)cc1OC. The molecule has 2 N–H and O–H groups in total. The van der Waals surface area contributed by atoms with E-state index in [2.05, 4.69) is 17.2 Å². The number of carbonyl (C=O) groups is 2. The van der Waals surface area contributed by atoms with Crippen molar-refractivity contribution < 1.29 is 19.1 Å². The largest absolute Gasteiger partial charge is 0.493 e. The summed E-state index contributed by atoms with van der Waals surface area (Å²) in [7, 11) is 1.50. The molecule has 6 heteroatoms. The molecule has 148 valence electrons. The molecule has 0 atom stereocenters. The van der Waals surface area contributed by atoms with Crippen LogP contribution in [0.15, 0.2) is 55.1 Å². The highest BCUT2D eigenvalue weighted by Crippen LogP contribution is 2.28. The predicted molar refractivity (Wildman–Crippen MR) is 110 cm³/mol. The van der Waals surface area contributed by atoms with Gasteiger partial charge in [0.05, 0.1) is 18.4 Å². The molecule has 2 aromatic rings. The lowest BCUT2D eigenvalue weighted by Gasteiger charge is -2.21. The lowest BCUT2D eigenvalue weighted by atomic mass is 10.1. The van der Waals surface area contributed by atoms with Crippen molar-refractivity contribution in [1.82, 2.24) is 5.32 Å². The van der Waals surface area contributed by atoms with Crippen LogP contribution < -0.4 is 20.1 Å². The third kappa shape index (κ3) is 5.61. The quantitative estimate of drug-likeness (QED) is 0.709. The Labute approximate surface area is 165 Å². The average molecular weight is 382 g/mol. The van der Waals surface area contributed by atoms with Crippen LogP contribution in [-0.2, 0) is 0 Å². The van der Waals surface area contributed by atoms with Gasteiger partial charge in [-0.3, -0.25) is 9.59 Å². The van der Waals surface area contributed by atoms with Crippen molar-refractivity contribution in [2.75, 3.05) is 19.0 Å². The molecule has 0 saturated carbocycles. The molecule has 0 spiro atoms. The highest BCUT2D eigenvalue weighted by atomic mass is 16.5. The summed E-state index contributed by atoms with van der Waals surface area (Å²) in [5.41, 5.74) is 0.820. The summed E-state index contributed by atoms with van der Waals surface area (Å²) in [5.74, 6) is 0.343. The van der Waals surface area contributed by atoms with Gasteiger partial charge in [0.1, 0.15) is 6.61 Å². The monoisotopic (exact) mass is 382 g/mol. The molecule has 2 aromatic carbocycles. The lowest BCUT2D eigenvalue weighted by molar-refractivity contribution is 0.0920. The van der Waals surface area contributed by atoms with Gasteiger partial charge in [0.25, 0.3) is 11.8 Å². The Balaban J connectivity index is 2.24. The maximum Gasteiger partial charge on any atom is 0.255 e. The number of hydrogen-bond acceptors (Lipinski definition) is 4. The van der Waals surface area contributed by atoms with Gasteiger partial charge >= 0.3 is 0 Å². The smallest absolute Gasteiger partial charge is 0.255 e. The third-order valence-electron chi connectivity index (χ3n) is 3.69. The zero-order valence-electron chi connectivity index (χ0n) is 16.7. The van der Waals surface area contributed by atoms with E-state index in [9.17, 15) is 9.59 Å². The Bertz CT molecular complexity index is 869. The Morgan fingerprint density at radius 2 is 1.79 bits per heavy atom. The van der Waals surface area contributed by atoms with Gasteiger partial charge in [0.2, 0.25) is 0 Å². The summed E-state index contributed by atoms with van der Waals surface area (Å²) >= 11 is 0. The Kier molecular flexibility index (Phi) is 6.82. The van der Waals surface area contributed by atoms with E-state index in [4.69, 9.17) is 9.47 Å². The molecule has 0 fully saturated rings. The molecule has 0 bridgehead atoms. The Morgan fingerprint density at radius 3 is 2.43 bits per heavy atom. The molecule has 2 rings (SSSR count). The maximum atomic E-state index is 12.7. The van der Waals surface area contributed by atoms with Crippen molar-refractivity contribution in [1.29, 1.82) is 0 Å². The third-order valence-corrected chi connectivity index (χ3v) is 3.69. The summed E-state index contributed by atoms with van der Waals surface area (Å²) < 4.78 is 10.8. The first-order valence-electron chi connectivity index (χ1n) is 8.90. The molecule has 0 heterocycles. The summed E-state index contributed by atoms with van der Waals surface area (Å²) in [6, 6.07) is 11.8. The van der Waals surface area contributed by atoms with Crippen LogP contribution in [0.3, 0.4) is 0 Å². The fourth-order valence-corrected chi connectivity index (χ4v) is 2.47. The second-order valence-corrected chi connectivity index (χ2v) is 7.17. The van der Waals surface area contributed by atoms with Gasteiger partial charge < -0.3 is 20.1 Å². The molecule has 0 aliphatic carbocycles. The molecule has 0 saturated heterocycles. The molecule has 28 heavy (non-hydrogen) atoms. The number of ether oxygens (including phenoxy) is 2. The number of methoxy groups -OCH3 is 1. The first kappa shape index (κ1) is 21.0. The van der Waals surface area contributed by atoms with Crippen LogP contribution in [0.5, 0.6) is 11.5 Å². The van der Waals surface area contributed by atoms with Crippen molar-refractivity contribution in [3.8, 4) is 11.5 Å². The zero-order valence-corrected chi connectivity index (χ0v) is 16.7. The van der Waals surface area contributed by atoms with Crippen LogP contribution in [0.1, 0.15) is 41.5 Å². The Hall–Kier alpha value is -3.28. The standard InChI is InChI=1S/C22H26N2O4/c1-6-13-28-18-12-11-15(14-19(18)27-5)20(25)23-17-10-8-7-9-16(17)21(26)24-22(2,3)4/h6-12,14H,1,13H2,2-5H3,(H,23,25)(H,24,26). The van der Waals surface area contributed by atoms with Crippen LogP contribution in [-0.4, -0.2) is 31.1 Å². The number of nitrogens with one attached hydrogen (secondary N) is 2. The summed E-state index contributed by atoms with van der Waals surface area (Å²) in [5, 5.41) is 5.69. The van der Waals surface area contributed by atoms with Crippen molar-refractivity contribution in [2.24, 2.45) is 0 Å². The highest BCUT2D eigenvalue weighted by Gasteiger charge is 2.19. The van der Waals surface area contributed by atoms with Crippen molar-refractivity contribution in [3.05, 3.63) is 66.2 Å². The van der Waals surface area contributed by atoms with Crippen molar-refractivity contribution >= 4 is 17.5 Å². The number of anilines is 1. The van der Waals surface area contributed by atoms with Crippen molar-refractivity contribution in [2.45, 2.75) is 26.3 Å². The molecule has 2 amide bonds. The molecule has 0 aromatic heterocycles. The van der Waals surface area contributed by atoms with Crippen LogP contribution in [0.4, 0.5) is 5.69 Å². The topological polar surface area (TPSA) is 76.7 Å². The summed E-state index contributed by atoms with van der Waals surface area (Å²) in [6.45, 7) is 9.63. The second kappa shape index (κ2) is 9.08. The number of amides is 2. The van der Waals surface area contributed by atoms with E-state index in [1.54, 1.807) is 48.5 Å². The molecule has 0 aliphatic rings. The number of carbonyl (C=O) groups excluding carboxylic acids is 2. The molecule has 0 radical (unpaired) electrons. The minimum Gasteiger partial charge on any atom is -0.493 e. The van der Waals surface area contributed by atoms with Crippen LogP contribution >= 0.6 is 0 Å². The lowest BCUT2D eigenvalue weighted by Crippen LogP contribution is -2.40. The van der Waals surface area contributed by atoms with Crippen LogP contribution in [0.25, 0.3) is 0 Å². The molecule has 6 nitrogen and oxygen atoms in total. The Morgan fingerprint density at radius 1 is 1.07 bits per heavy atom. The minimum atomic E-state index is -0.386. The van der Waals surface area contributed by atoms with Gasteiger partial charge in [-0.2, -0.15) is 0 Å². The van der Waals surface area contributed by atoms with E-state index in [1.807, 2.05) is 20.8 Å². The van der Waals surface area contributed by atoms with Gasteiger partial charge in [0.15, 0.2) is 11.5 Å². The van der Waals surface area contributed by atoms with Gasteiger partial charge in [-0.25, -0.2) is 0 Å². The second-order valence-electron chi connectivity index (χ2n) is 7.17. The van der Waals surface area contributed by atoms with E-state index in [-0.39, 0.29) is 17.4 Å². The average Bonchev–Trinajstić information content (AvgIpc) is 2.65. The zero-order chi connectivity index (χ0) is 20.7. The van der Waals surface area contributed by atoms with Gasteiger partial charge in [-0.1, -0.05) is 24.8 Å². The first-order chi connectivity index (χ1) is 13.2. The fraction of sp³-hybridized carbons (Fsp3) is 0.273. The number of rotatable bonds is 7. The maximum absolute atomic E-state index is 12.7.